The summed E-state index contributed by atoms with van der Waals surface area (Å²) in [6.45, 7) is 7.27. The molecule has 0 aromatic carbocycles. The maximum atomic E-state index is 2.83. The van der Waals surface area contributed by atoms with Crippen molar-refractivity contribution in [1.29, 1.82) is 0 Å². The maximum Gasteiger partial charge on any atom is 0.0530 e. The van der Waals surface area contributed by atoms with Crippen molar-refractivity contribution in [3.8, 4) is 0 Å². The van der Waals surface area contributed by atoms with Gasteiger partial charge in [0, 0.05) is 0 Å². The van der Waals surface area contributed by atoms with E-state index in [0.29, 0.717) is 0 Å². The lowest BCUT2D eigenvalue weighted by molar-refractivity contribution is 0.623. The van der Waals surface area contributed by atoms with Crippen molar-refractivity contribution in [3.63, 3.8) is 0 Å². The summed E-state index contributed by atoms with van der Waals surface area (Å²) in [5, 5.41) is 0. The Kier molecular flexibility index (Phi) is 12.2. The first-order valence-corrected chi connectivity index (χ1v) is 11.6. The van der Waals surface area contributed by atoms with Gasteiger partial charge in [0.1, 0.15) is 0 Å². The molecule has 104 valence electrons. The largest absolute Gasteiger partial charge is 0.138 e. The SMILES string of the molecule is CCC[Si](CC)(CC)CCCCCCCCP. The van der Waals surface area contributed by atoms with Crippen LogP contribution in [0.5, 0.6) is 0 Å². The van der Waals surface area contributed by atoms with E-state index in [9.17, 15) is 0 Å². The highest BCUT2D eigenvalue weighted by atomic mass is 31.0. The van der Waals surface area contributed by atoms with Gasteiger partial charge in [0.05, 0.1) is 8.07 Å². The van der Waals surface area contributed by atoms with Crippen LogP contribution in [0.4, 0.5) is 0 Å². The van der Waals surface area contributed by atoms with Gasteiger partial charge in [-0.25, -0.2) is 0 Å². The van der Waals surface area contributed by atoms with Crippen LogP contribution < -0.4 is 0 Å². The predicted molar refractivity (Wildman–Crippen MR) is 88.9 cm³/mol. The number of unbranched alkanes of at least 4 members (excludes halogenated alkanes) is 5. The summed E-state index contributed by atoms with van der Waals surface area (Å²) in [6.07, 6.45) is 11.5. The van der Waals surface area contributed by atoms with Gasteiger partial charge in [-0.15, -0.1) is 9.24 Å². The van der Waals surface area contributed by atoms with Crippen LogP contribution in [-0.2, 0) is 0 Å². The average Bonchev–Trinajstić information content (AvgIpc) is 2.36. The molecule has 0 aromatic rings. The highest BCUT2D eigenvalue weighted by Gasteiger charge is 2.26. The molecule has 0 saturated carbocycles. The highest BCUT2D eigenvalue weighted by molar-refractivity contribution is 7.16. The third-order valence-corrected chi connectivity index (χ3v) is 10.8. The monoisotopic (exact) mass is 274 g/mol. The smallest absolute Gasteiger partial charge is 0.0530 e. The minimum absolute atomic E-state index is 0.822. The van der Waals surface area contributed by atoms with Gasteiger partial charge >= 0.3 is 0 Å². The van der Waals surface area contributed by atoms with E-state index in [0.717, 1.165) is 0 Å². The predicted octanol–water partition coefficient (Wildman–Crippen LogP) is 6.10. The Morgan fingerprint density at radius 2 is 1.24 bits per heavy atom. The van der Waals surface area contributed by atoms with Gasteiger partial charge in [0.15, 0.2) is 0 Å². The second-order valence-corrected chi connectivity index (χ2v) is 11.6. The van der Waals surface area contributed by atoms with Gasteiger partial charge in [-0.2, -0.15) is 0 Å². The third-order valence-electron chi connectivity index (χ3n) is 4.44. The van der Waals surface area contributed by atoms with Gasteiger partial charge in [-0.05, 0) is 12.6 Å². The van der Waals surface area contributed by atoms with Gasteiger partial charge < -0.3 is 0 Å². The molecule has 0 aliphatic carbocycles. The molecular weight excluding hydrogens is 239 g/mol. The molecule has 0 aromatic heterocycles. The van der Waals surface area contributed by atoms with Gasteiger partial charge in [0.25, 0.3) is 0 Å². The van der Waals surface area contributed by atoms with Gasteiger partial charge in [-0.1, -0.05) is 83.5 Å². The van der Waals surface area contributed by atoms with Crippen LogP contribution in [0.2, 0.25) is 24.2 Å². The van der Waals surface area contributed by atoms with Crippen molar-refractivity contribution in [3.05, 3.63) is 0 Å². The fourth-order valence-electron chi connectivity index (χ4n) is 2.96. The lowest BCUT2D eigenvalue weighted by Gasteiger charge is -2.29. The maximum absolute atomic E-state index is 2.83. The summed E-state index contributed by atoms with van der Waals surface area (Å²) in [5.74, 6) is 0. The van der Waals surface area contributed by atoms with Crippen molar-refractivity contribution >= 4 is 17.3 Å². The van der Waals surface area contributed by atoms with Gasteiger partial charge in [-0.3, -0.25) is 0 Å². The highest BCUT2D eigenvalue weighted by Crippen LogP contribution is 2.29. The van der Waals surface area contributed by atoms with Crippen LogP contribution >= 0.6 is 9.24 Å². The topological polar surface area (TPSA) is 0 Å². The Bertz CT molecular complexity index is 155. The number of rotatable bonds is 12. The molecule has 1 atom stereocenters. The van der Waals surface area contributed by atoms with E-state index < -0.39 is 8.07 Å². The van der Waals surface area contributed by atoms with Crippen LogP contribution in [-0.4, -0.2) is 14.2 Å². The lowest BCUT2D eigenvalue weighted by atomic mass is 10.1. The number of hydrogen-bond donors (Lipinski definition) is 0. The minimum atomic E-state index is -0.822. The molecule has 2 heteroatoms. The standard InChI is InChI=1S/C15H35PSi/c1-4-14-17(5-2,6-3)15-12-10-8-7-9-11-13-16/h4-16H2,1-3H3. The summed E-state index contributed by atoms with van der Waals surface area (Å²) < 4.78 is 0. The zero-order valence-electron chi connectivity index (χ0n) is 12.6. The Hall–Kier alpha value is 0.647. The zero-order chi connectivity index (χ0) is 13.0. The van der Waals surface area contributed by atoms with Crippen molar-refractivity contribution in [2.75, 3.05) is 6.16 Å². The van der Waals surface area contributed by atoms with E-state index >= 15 is 0 Å². The van der Waals surface area contributed by atoms with E-state index in [1.165, 1.54) is 63.2 Å². The summed E-state index contributed by atoms with van der Waals surface area (Å²) in [6, 6.07) is 6.22. The first kappa shape index (κ1) is 17.6. The summed E-state index contributed by atoms with van der Waals surface area (Å²) in [5.41, 5.74) is 0. The van der Waals surface area contributed by atoms with Crippen LogP contribution in [0.3, 0.4) is 0 Å². The minimum Gasteiger partial charge on any atom is -0.138 e. The van der Waals surface area contributed by atoms with Crippen molar-refractivity contribution in [1.82, 2.24) is 0 Å². The molecule has 0 radical (unpaired) electrons. The second kappa shape index (κ2) is 11.7. The lowest BCUT2D eigenvalue weighted by Crippen LogP contribution is -2.31. The van der Waals surface area contributed by atoms with Crippen LogP contribution in [0.1, 0.15) is 65.7 Å². The van der Waals surface area contributed by atoms with Crippen LogP contribution in [0.15, 0.2) is 0 Å². The quantitative estimate of drug-likeness (QED) is 0.229. The van der Waals surface area contributed by atoms with E-state index in [4.69, 9.17) is 0 Å². The Morgan fingerprint density at radius 1 is 0.706 bits per heavy atom. The molecule has 0 saturated heterocycles. The zero-order valence-corrected chi connectivity index (χ0v) is 14.7. The molecule has 0 nitrogen and oxygen atoms in total. The van der Waals surface area contributed by atoms with E-state index in [1.54, 1.807) is 12.1 Å². The molecule has 0 heterocycles. The Labute approximate surface area is 114 Å². The molecule has 0 bridgehead atoms. The second-order valence-electron chi connectivity index (χ2n) is 5.62. The van der Waals surface area contributed by atoms with Crippen molar-refractivity contribution in [2.24, 2.45) is 0 Å². The molecular formula is C15H35PSi. The molecule has 0 aliphatic heterocycles. The average molecular weight is 275 g/mol. The molecule has 0 amide bonds. The Balaban J connectivity index is 3.61. The first-order chi connectivity index (χ1) is 8.24. The fraction of sp³-hybridized carbons (Fsp3) is 1.00. The van der Waals surface area contributed by atoms with Gasteiger partial charge in [0.2, 0.25) is 0 Å². The summed E-state index contributed by atoms with van der Waals surface area (Å²) in [7, 11) is 2.01. The van der Waals surface area contributed by atoms with E-state index in [-0.39, 0.29) is 0 Å². The van der Waals surface area contributed by atoms with Crippen LogP contribution in [0.25, 0.3) is 0 Å². The Morgan fingerprint density at radius 3 is 1.71 bits per heavy atom. The molecule has 17 heavy (non-hydrogen) atoms. The molecule has 1 unspecified atom stereocenters. The fourth-order valence-corrected chi connectivity index (χ4v) is 7.48. The molecule has 0 aliphatic rings. The molecule has 0 spiro atoms. The molecule has 0 N–H and O–H groups in total. The molecule has 0 rings (SSSR count). The summed E-state index contributed by atoms with van der Waals surface area (Å²) >= 11 is 0. The van der Waals surface area contributed by atoms with Crippen LogP contribution in [0, 0.1) is 0 Å². The molecule has 0 fully saturated rings. The first-order valence-electron chi connectivity index (χ1n) is 7.94. The van der Waals surface area contributed by atoms with E-state index in [1.807, 2.05) is 0 Å². The van der Waals surface area contributed by atoms with Crippen molar-refractivity contribution in [2.45, 2.75) is 89.9 Å². The number of hydrogen-bond acceptors (Lipinski definition) is 0. The normalized spacial score (nSPS) is 12.0. The summed E-state index contributed by atoms with van der Waals surface area (Å²) in [4.78, 5) is 0. The van der Waals surface area contributed by atoms with E-state index in [2.05, 4.69) is 30.0 Å². The third kappa shape index (κ3) is 8.38. The van der Waals surface area contributed by atoms with Crippen molar-refractivity contribution < 1.29 is 0 Å².